The minimum absolute atomic E-state index is 0.0122. The second-order valence-electron chi connectivity index (χ2n) is 5.02. The van der Waals surface area contributed by atoms with Crippen molar-refractivity contribution < 1.29 is 12.8 Å². The Morgan fingerprint density at radius 2 is 2.10 bits per heavy atom. The van der Waals surface area contributed by atoms with Gasteiger partial charge in [-0.25, -0.2) is 12.8 Å². The van der Waals surface area contributed by atoms with Gasteiger partial charge in [-0.15, -0.1) is 0 Å². The van der Waals surface area contributed by atoms with Gasteiger partial charge in [0, 0.05) is 18.0 Å². The first-order chi connectivity index (χ1) is 10.0. The number of sulfonamides is 1. The van der Waals surface area contributed by atoms with E-state index in [9.17, 15) is 12.8 Å². The van der Waals surface area contributed by atoms with Crippen LogP contribution in [0.15, 0.2) is 39.9 Å². The fourth-order valence-corrected chi connectivity index (χ4v) is 3.96. The number of nitrogens with one attached hydrogen (secondary N) is 2. The van der Waals surface area contributed by atoms with Gasteiger partial charge in [0.05, 0.1) is 10.6 Å². The lowest BCUT2D eigenvalue weighted by atomic mass is 10.2. The molecule has 1 aromatic heterocycles. The highest BCUT2D eigenvalue weighted by molar-refractivity contribution is 7.92. The van der Waals surface area contributed by atoms with Crippen molar-refractivity contribution in [1.82, 2.24) is 5.32 Å². The first-order valence-corrected chi connectivity index (χ1v) is 9.04. The molecule has 1 saturated carbocycles. The molecule has 0 spiro atoms. The SMILES string of the molecule is O=S(=O)(Nc1ccsc1)c1cc(F)ccc1CNC1CC1. The maximum Gasteiger partial charge on any atom is 0.262 e. The van der Waals surface area contributed by atoms with E-state index in [1.54, 1.807) is 16.8 Å². The molecule has 21 heavy (non-hydrogen) atoms. The molecule has 0 radical (unpaired) electrons. The normalized spacial score (nSPS) is 15.1. The van der Waals surface area contributed by atoms with E-state index in [0.29, 0.717) is 23.8 Å². The molecule has 0 amide bonds. The van der Waals surface area contributed by atoms with Crippen LogP contribution in [-0.2, 0) is 16.6 Å². The molecule has 1 aromatic carbocycles. The second-order valence-corrected chi connectivity index (χ2v) is 7.46. The standard InChI is InChI=1S/C14H15FN2O2S2/c15-11-2-1-10(8-16-12-3-4-12)14(7-11)21(18,19)17-13-5-6-20-9-13/h1-2,5-7,9,12,16-17H,3-4,8H2. The van der Waals surface area contributed by atoms with E-state index in [1.165, 1.54) is 23.5 Å². The summed E-state index contributed by atoms with van der Waals surface area (Å²) in [6.45, 7) is 0.421. The van der Waals surface area contributed by atoms with Crippen molar-refractivity contribution in [2.75, 3.05) is 4.72 Å². The van der Waals surface area contributed by atoms with Crippen LogP contribution in [0.25, 0.3) is 0 Å². The summed E-state index contributed by atoms with van der Waals surface area (Å²) in [5, 5.41) is 6.72. The number of anilines is 1. The Bertz CT molecular complexity index is 725. The molecule has 1 heterocycles. The first-order valence-electron chi connectivity index (χ1n) is 6.61. The molecule has 4 nitrogen and oxygen atoms in total. The number of rotatable bonds is 6. The number of hydrogen-bond donors (Lipinski definition) is 2. The van der Waals surface area contributed by atoms with Gasteiger partial charge in [-0.3, -0.25) is 4.72 Å². The summed E-state index contributed by atoms with van der Waals surface area (Å²) < 4.78 is 40.8. The third-order valence-corrected chi connectivity index (χ3v) is 5.40. The predicted octanol–water partition coefficient (Wildman–Crippen LogP) is 2.94. The monoisotopic (exact) mass is 326 g/mol. The highest BCUT2D eigenvalue weighted by Gasteiger charge is 2.23. The number of benzene rings is 1. The van der Waals surface area contributed by atoms with Gasteiger partial charge in [0.2, 0.25) is 0 Å². The molecule has 3 rings (SSSR count). The maximum atomic E-state index is 13.5. The fourth-order valence-electron chi connectivity index (χ4n) is 2.00. The molecule has 2 aromatic rings. The van der Waals surface area contributed by atoms with Gasteiger partial charge in [-0.2, -0.15) is 11.3 Å². The van der Waals surface area contributed by atoms with Crippen molar-refractivity contribution in [2.24, 2.45) is 0 Å². The summed E-state index contributed by atoms with van der Waals surface area (Å²) >= 11 is 1.39. The highest BCUT2D eigenvalue weighted by atomic mass is 32.2. The van der Waals surface area contributed by atoms with Gasteiger partial charge >= 0.3 is 0 Å². The topological polar surface area (TPSA) is 58.2 Å². The van der Waals surface area contributed by atoms with Crippen LogP contribution < -0.4 is 10.0 Å². The van der Waals surface area contributed by atoms with Crippen LogP contribution >= 0.6 is 11.3 Å². The molecular formula is C14H15FN2O2S2. The number of halogens is 1. The zero-order valence-electron chi connectivity index (χ0n) is 11.2. The van der Waals surface area contributed by atoms with Gasteiger partial charge in [0.1, 0.15) is 5.82 Å². The van der Waals surface area contributed by atoms with Crippen LogP contribution in [-0.4, -0.2) is 14.5 Å². The van der Waals surface area contributed by atoms with E-state index in [0.717, 1.165) is 18.9 Å². The third-order valence-electron chi connectivity index (χ3n) is 3.25. The molecule has 112 valence electrons. The smallest absolute Gasteiger partial charge is 0.262 e. The Kier molecular flexibility index (Phi) is 3.97. The fraction of sp³-hybridized carbons (Fsp3) is 0.286. The van der Waals surface area contributed by atoms with Crippen molar-refractivity contribution in [3.63, 3.8) is 0 Å². The molecule has 0 atom stereocenters. The average molecular weight is 326 g/mol. The Hall–Kier alpha value is -1.44. The zero-order chi connectivity index (χ0) is 14.9. The minimum Gasteiger partial charge on any atom is -0.310 e. The van der Waals surface area contributed by atoms with E-state index >= 15 is 0 Å². The lowest BCUT2D eigenvalue weighted by Gasteiger charge is -2.12. The average Bonchev–Trinajstić information content (AvgIpc) is 3.14. The largest absolute Gasteiger partial charge is 0.310 e. The zero-order valence-corrected chi connectivity index (χ0v) is 12.8. The molecule has 2 N–H and O–H groups in total. The summed E-state index contributed by atoms with van der Waals surface area (Å²) in [7, 11) is -3.79. The van der Waals surface area contributed by atoms with Gasteiger partial charge in [0.15, 0.2) is 0 Å². The van der Waals surface area contributed by atoms with Crippen molar-refractivity contribution in [3.05, 3.63) is 46.4 Å². The van der Waals surface area contributed by atoms with Gasteiger partial charge < -0.3 is 5.32 Å². The quantitative estimate of drug-likeness (QED) is 0.858. The van der Waals surface area contributed by atoms with E-state index in [1.807, 2.05) is 0 Å². The Morgan fingerprint density at radius 3 is 2.76 bits per heavy atom. The molecule has 1 aliphatic carbocycles. The van der Waals surface area contributed by atoms with Crippen molar-refractivity contribution in [2.45, 2.75) is 30.3 Å². The molecule has 7 heteroatoms. The summed E-state index contributed by atoms with van der Waals surface area (Å²) in [4.78, 5) is -0.0122. The maximum absolute atomic E-state index is 13.5. The van der Waals surface area contributed by atoms with E-state index in [4.69, 9.17) is 0 Å². The summed E-state index contributed by atoms with van der Waals surface area (Å²) in [6.07, 6.45) is 2.22. The third kappa shape index (κ3) is 3.61. The number of hydrogen-bond acceptors (Lipinski definition) is 4. The van der Waals surface area contributed by atoms with Crippen LogP contribution in [0.1, 0.15) is 18.4 Å². The second kappa shape index (κ2) is 5.75. The van der Waals surface area contributed by atoms with Crippen molar-refractivity contribution in [3.8, 4) is 0 Å². The van der Waals surface area contributed by atoms with E-state index in [-0.39, 0.29) is 4.90 Å². The number of thiophene rings is 1. The lowest BCUT2D eigenvalue weighted by Crippen LogP contribution is -2.20. The molecule has 1 fully saturated rings. The summed E-state index contributed by atoms with van der Waals surface area (Å²) in [6, 6.07) is 6.00. The molecule has 0 unspecified atom stereocenters. The molecule has 1 aliphatic rings. The van der Waals surface area contributed by atoms with Crippen LogP contribution in [0, 0.1) is 5.82 Å². The lowest BCUT2D eigenvalue weighted by molar-refractivity contribution is 0.589. The highest BCUT2D eigenvalue weighted by Crippen LogP contribution is 2.24. The Labute approximate surface area is 127 Å². The van der Waals surface area contributed by atoms with Gasteiger partial charge in [0.25, 0.3) is 10.0 Å². The van der Waals surface area contributed by atoms with Gasteiger partial charge in [-0.1, -0.05) is 6.07 Å². The van der Waals surface area contributed by atoms with Crippen LogP contribution in [0.3, 0.4) is 0 Å². The van der Waals surface area contributed by atoms with E-state index < -0.39 is 15.8 Å². The van der Waals surface area contributed by atoms with Crippen LogP contribution in [0.4, 0.5) is 10.1 Å². The molecule has 0 bridgehead atoms. The molecular weight excluding hydrogens is 311 g/mol. The predicted molar refractivity (Wildman–Crippen MR) is 81.4 cm³/mol. The Morgan fingerprint density at radius 1 is 1.29 bits per heavy atom. The van der Waals surface area contributed by atoms with Crippen LogP contribution in [0.5, 0.6) is 0 Å². The van der Waals surface area contributed by atoms with Crippen LogP contribution in [0.2, 0.25) is 0 Å². The summed E-state index contributed by atoms with van der Waals surface area (Å²) in [5.41, 5.74) is 1.07. The van der Waals surface area contributed by atoms with Crippen molar-refractivity contribution in [1.29, 1.82) is 0 Å². The minimum atomic E-state index is -3.79. The van der Waals surface area contributed by atoms with E-state index in [2.05, 4.69) is 10.0 Å². The summed E-state index contributed by atoms with van der Waals surface area (Å²) in [5.74, 6) is -0.559. The molecule has 0 saturated heterocycles. The molecule has 0 aliphatic heterocycles. The Balaban J connectivity index is 1.88. The first kappa shape index (κ1) is 14.5. The van der Waals surface area contributed by atoms with Crippen molar-refractivity contribution >= 4 is 27.0 Å². The van der Waals surface area contributed by atoms with Gasteiger partial charge in [-0.05, 0) is 42.0 Å².